The van der Waals surface area contributed by atoms with Crippen LogP contribution in [-0.4, -0.2) is 76.5 Å². The van der Waals surface area contributed by atoms with Crippen molar-refractivity contribution in [3.63, 3.8) is 0 Å². The summed E-state index contributed by atoms with van der Waals surface area (Å²) in [7, 11) is 5.06. The maximum absolute atomic E-state index is 14.9. The number of anilines is 1. The van der Waals surface area contributed by atoms with E-state index < -0.39 is 6.17 Å². The van der Waals surface area contributed by atoms with Gasteiger partial charge in [-0.3, -0.25) is 4.79 Å². The fourth-order valence-corrected chi connectivity index (χ4v) is 4.66. The summed E-state index contributed by atoms with van der Waals surface area (Å²) < 4.78 is 20.5. The quantitative estimate of drug-likeness (QED) is 0.637. The van der Waals surface area contributed by atoms with E-state index in [4.69, 9.17) is 4.42 Å². The Bertz CT molecular complexity index is 1160. The first-order valence-corrected chi connectivity index (χ1v) is 10.6. The van der Waals surface area contributed by atoms with Crippen LogP contribution >= 0.6 is 0 Å². The Labute approximate surface area is 184 Å². The summed E-state index contributed by atoms with van der Waals surface area (Å²) in [5.74, 6) is 0.214. The lowest BCUT2D eigenvalue weighted by molar-refractivity contribution is 0.0799. The average molecular weight is 440 g/mol. The van der Waals surface area contributed by atoms with Gasteiger partial charge in [0.2, 0.25) is 5.95 Å². The molecule has 2 fully saturated rings. The number of fused-ring (bicyclic) bond motifs is 3. The Morgan fingerprint density at radius 1 is 1.22 bits per heavy atom. The highest BCUT2D eigenvalue weighted by Gasteiger charge is 2.44. The van der Waals surface area contributed by atoms with Crippen LogP contribution in [0.2, 0.25) is 0 Å². The van der Waals surface area contributed by atoms with Crippen molar-refractivity contribution in [2.24, 2.45) is 0 Å². The van der Waals surface area contributed by atoms with E-state index in [1.807, 2.05) is 0 Å². The number of rotatable bonds is 4. The molecular formula is C22H25FN6O3. The first kappa shape index (κ1) is 20.6. The third-order valence-electron chi connectivity index (χ3n) is 6.44. The third kappa shape index (κ3) is 3.44. The van der Waals surface area contributed by atoms with Gasteiger partial charge >= 0.3 is 0 Å². The number of phenols is 1. The second kappa shape index (κ2) is 7.70. The predicted molar refractivity (Wildman–Crippen MR) is 116 cm³/mol. The van der Waals surface area contributed by atoms with Crippen molar-refractivity contribution >= 4 is 22.8 Å². The van der Waals surface area contributed by atoms with E-state index in [0.717, 1.165) is 12.8 Å². The molecule has 0 saturated carbocycles. The van der Waals surface area contributed by atoms with Crippen LogP contribution in [0.25, 0.3) is 22.2 Å². The molecule has 2 N–H and O–H groups in total. The number of nitrogens with one attached hydrogen (secondary N) is 1. The van der Waals surface area contributed by atoms with Crippen molar-refractivity contribution in [2.75, 3.05) is 26.0 Å². The zero-order valence-corrected chi connectivity index (χ0v) is 18.1. The monoisotopic (exact) mass is 440 g/mol. The maximum Gasteiger partial charge on any atom is 0.289 e. The molecule has 0 spiro atoms. The molecule has 1 amide bonds. The number of hydrogen-bond acceptors (Lipinski definition) is 8. The standard InChI is InChI=1S/C22H25FN6O3/c1-28(2)21(31)19-7-11-6-17(30)13(9-18(11)32-19)15-10-24-22(27-26-15)29(3)16-8-12-4-5-14(25-12)20(16)23/h6-7,9-10,12,14,16,20,25,30H,4-5,8H2,1-3H3/t12-,14+,16-,20+/m1/s1. The molecule has 2 aliphatic heterocycles. The van der Waals surface area contributed by atoms with Gasteiger partial charge in [-0.25, -0.2) is 9.37 Å². The van der Waals surface area contributed by atoms with E-state index in [1.54, 1.807) is 38.2 Å². The van der Waals surface area contributed by atoms with Gasteiger partial charge in [-0.2, -0.15) is 0 Å². The van der Waals surface area contributed by atoms with Crippen molar-refractivity contribution in [3.05, 3.63) is 30.2 Å². The number of benzene rings is 1. The summed E-state index contributed by atoms with van der Waals surface area (Å²) in [6.07, 6.45) is 3.04. The van der Waals surface area contributed by atoms with Gasteiger partial charge in [0.05, 0.1) is 12.2 Å². The van der Waals surface area contributed by atoms with Gasteiger partial charge in [-0.15, -0.1) is 10.2 Å². The molecule has 1 aromatic carbocycles. The van der Waals surface area contributed by atoms with Crippen LogP contribution in [-0.2, 0) is 0 Å². The molecular weight excluding hydrogens is 415 g/mol. The van der Waals surface area contributed by atoms with Gasteiger partial charge < -0.3 is 24.6 Å². The van der Waals surface area contributed by atoms with Crippen LogP contribution in [0.15, 0.2) is 28.8 Å². The lowest BCUT2D eigenvalue weighted by atomic mass is 9.97. The van der Waals surface area contributed by atoms with Gasteiger partial charge in [-0.1, -0.05) is 0 Å². The highest BCUT2D eigenvalue weighted by atomic mass is 19.1. The number of alkyl halides is 1. The molecule has 2 bridgehead atoms. The molecule has 3 aromatic rings. The number of halogens is 1. The minimum Gasteiger partial charge on any atom is -0.507 e. The summed E-state index contributed by atoms with van der Waals surface area (Å²) in [6, 6.07) is 4.61. The average Bonchev–Trinajstić information content (AvgIpc) is 3.39. The van der Waals surface area contributed by atoms with Crippen molar-refractivity contribution in [3.8, 4) is 17.0 Å². The fraction of sp³-hybridized carbons (Fsp3) is 0.455. The van der Waals surface area contributed by atoms with Crippen LogP contribution < -0.4 is 10.2 Å². The van der Waals surface area contributed by atoms with Crippen molar-refractivity contribution < 1.29 is 18.7 Å². The number of aromatic nitrogens is 3. The molecule has 4 heterocycles. The van der Waals surface area contributed by atoms with E-state index in [2.05, 4.69) is 20.5 Å². The van der Waals surface area contributed by atoms with E-state index in [-0.39, 0.29) is 29.5 Å². The number of aromatic hydroxyl groups is 1. The second-order valence-electron chi connectivity index (χ2n) is 8.77. The number of carbonyl (C=O) groups excluding carboxylic acids is 1. The Balaban J connectivity index is 1.41. The molecule has 9 nitrogen and oxygen atoms in total. The van der Waals surface area contributed by atoms with Crippen LogP contribution in [0, 0.1) is 0 Å². The van der Waals surface area contributed by atoms with E-state index in [0.29, 0.717) is 40.6 Å². The number of piperidine rings is 1. The normalized spacial score (nSPS) is 24.6. The number of carbonyl (C=O) groups is 1. The Hall–Kier alpha value is -3.27. The third-order valence-corrected chi connectivity index (χ3v) is 6.44. The van der Waals surface area contributed by atoms with Crippen LogP contribution in [0.4, 0.5) is 10.3 Å². The van der Waals surface area contributed by atoms with Crippen LogP contribution in [0.1, 0.15) is 29.8 Å². The summed E-state index contributed by atoms with van der Waals surface area (Å²) in [6.45, 7) is 0. The molecule has 10 heteroatoms. The minimum atomic E-state index is -0.994. The van der Waals surface area contributed by atoms with E-state index in [9.17, 15) is 14.3 Å². The van der Waals surface area contributed by atoms with E-state index >= 15 is 0 Å². The van der Waals surface area contributed by atoms with Gasteiger partial charge in [0, 0.05) is 44.2 Å². The molecule has 0 unspecified atom stereocenters. The second-order valence-corrected chi connectivity index (χ2v) is 8.77. The molecule has 0 aliphatic carbocycles. The van der Waals surface area contributed by atoms with Crippen molar-refractivity contribution in [2.45, 2.75) is 43.6 Å². The minimum absolute atomic E-state index is 0.0295. The number of amides is 1. The van der Waals surface area contributed by atoms with Gasteiger partial charge in [0.25, 0.3) is 5.91 Å². The molecule has 0 radical (unpaired) electrons. The molecule has 4 atom stereocenters. The fourth-order valence-electron chi connectivity index (χ4n) is 4.66. The highest BCUT2D eigenvalue weighted by molar-refractivity contribution is 5.97. The number of phenolic OH excluding ortho intramolecular Hbond substituents is 1. The SMILES string of the molecule is CN(C)C(=O)c1cc2cc(O)c(-c3cnc(N(C)[C@@H]4C[C@H]5CC[C@H](N5)[C@@H]4F)nn3)cc2o1. The zero-order valence-electron chi connectivity index (χ0n) is 18.1. The molecule has 168 valence electrons. The van der Waals surface area contributed by atoms with Crippen LogP contribution in [0.5, 0.6) is 5.75 Å². The predicted octanol–water partition coefficient (Wildman–Crippen LogP) is 2.36. The molecule has 5 rings (SSSR count). The summed E-state index contributed by atoms with van der Waals surface area (Å²) in [5.41, 5.74) is 1.17. The molecule has 2 aromatic heterocycles. The van der Waals surface area contributed by atoms with Gasteiger partial charge in [0.1, 0.15) is 23.2 Å². The topological polar surface area (TPSA) is 108 Å². The summed E-state index contributed by atoms with van der Waals surface area (Å²) in [4.78, 5) is 19.7. The van der Waals surface area contributed by atoms with Crippen molar-refractivity contribution in [1.29, 1.82) is 0 Å². The Morgan fingerprint density at radius 3 is 2.75 bits per heavy atom. The van der Waals surface area contributed by atoms with Gasteiger partial charge in [-0.05, 0) is 37.5 Å². The number of furan rings is 1. The highest BCUT2D eigenvalue weighted by Crippen LogP contribution is 2.35. The lowest BCUT2D eigenvalue weighted by Gasteiger charge is -2.38. The molecule has 2 aliphatic rings. The Kier molecular flexibility index (Phi) is 4.96. The van der Waals surface area contributed by atoms with Gasteiger partial charge in [0.15, 0.2) is 5.76 Å². The summed E-state index contributed by atoms with van der Waals surface area (Å²) in [5, 5.41) is 22.8. The van der Waals surface area contributed by atoms with Crippen LogP contribution in [0.3, 0.4) is 0 Å². The van der Waals surface area contributed by atoms with E-state index in [1.165, 1.54) is 17.2 Å². The first-order chi connectivity index (χ1) is 15.3. The molecule has 2 saturated heterocycles. The number of nitrogens with zero attached hydrogens (tertiary/aromatic N) is 5. The van der Waals surface area contributed by atoms with Crippen molar-refractivity contribution in [1.82, 2.24) is 25.4 Å². The number of hydrogen-bond donors (Lipinski definition) is 2. The Morgan fingerprint density at radius 2 is 2.03 bits per heavy atom. The largest absolute Gasteiger partial charge is 0.507 e. The lowest BCUT2D eigenvalue weighted by Crippen LogP contribution is -2.55. The zero-order chi connectivity index (χ0) is 22.6. The summed E-state index contributed by atoms with van der Waals surface area (Å²) >= 11 is 0. The maximum atomic E-state index is 14.9. The first-order valence-electron chi connectivity index (χ1n) is 10.6. The molecule has 32 heavy (non-hydrogen) atoms. The smallest absolute Gasteiger partial charge is 0.289 e.